The molecular formula is C18H21N5O8U. The standard InChI is InChI=1S/C18H21N5O8.U/c1-3-5-22-11-14(20-17(19)21-15(11)29-7-9(4-2)30-8-25)23(18(22)28)16-13(27)12(26)10(6-24)31-16;/h3,10,12-13,16,24,26-27H,1,5-7H2,2H3,(H2,19,20,21);/q-2;+2/t10-,12-,13-,16-;/m1./s1. The molecule has 0 saturated carbocycles. The van der Waals surface area contributed by atoms with Crippen LogP contribution in [0.1, 0.15) is 13.2 Å². The van der Waals surface area contributed by atoms with Crippen molar-refractivity contribution in [3.8, 4) is 5.88 Å². The van der Waals surface area contributed by atoms with E-state index in [0.29, 0.717) is 0 Å². The zero-order valence-electron chi connectivity index (χ0n) is 17.0. The number of imidazole rings is 1. The van der Waals surface area contributed by atoms with Gasteiger partial charge in [-0.15, -0.1) is 6.58 Å². The molecule has 0 aromatic carbocycles. The fourth-order valence-electron chi connectivity index (χ4n) is 3.22. The molecule has 14 heteroatoms. The summed E-state index contributed by atoms with van der Waals surface area (Å²) in [5.41, 5.74) is 5.16. The second-order valence-corrected chi connectivity index (χ2v) is 6.49. The number of nitrogens with two attached hydrogens (primary N) is 1. The Morgan fingerprint density at radius 1 is 1.38 bits per heavy atom. The quantitative estimate of drug-likeness (QED) is 0.133. The average molecular weight is 673 g/mol. The number of rotatable bonds is 9. The molecule has 1 aliphatic heterocycles. The third kappa shape index (κ3) is 4.75. The number of allylic oxidation sites excluding steroid dienone is 2. The molecule has 5 N–H and O–H groups in total. The van der Waals surface area contributed by atoms with Gasteiger partial charge in [0, 0.05) is 13.2 Å². The molecule has 0 bridgehead atoms. The SMILES string of the molecule is C=CCn1c(=O)n([C@@H]2O[C@H](CO)[C@@H](O)[C@H]2O)c2nc(N)nc(OCC(=[C-]C)O[C-]=O)c21.[U+2]. The van der Waals surface area contributed by atoms with E-state index < -0.39 is 36.8 Å². The summed E-state index contributed by atoms with van der Waals surface area (Å²) in [6.45, 7) is 5.53. The minimum atomic E-state index is -1.53. The number of hydrogen-bond donors (Lipinski definition) is 4. The van der Waals surface area contributed by atoms with Gasteiger partial charge in [0.05, 0.1) is 6.61 Å². The fourth-order valence-corrected chi connectivity index (χ4v) is 3.22. The van der Waals surface area contributed by atoms with Gasteiger partial charge in [0.1, 0.15) is 18.3 Å². The summed E-state index contributed by atoms with van der Waals surface area (Å²) >= 11 is 0. The first-order valence-corrected chi connectivity index (χ1v) is 9.09. The van der Waals surface area contributed by atoms with Crippen molar-refractivity contribution in [2.24, 2.45) is 0 Å². The summed E-state index contributed by atoms with van der Waals surface area (Å²) in [6.07, 6.45) is -1.39. The summed E-state index contributed by atoms with van der Waals surface area (Å²) in [5.74, 6) is -0.359. The van der Waals surface area contributed by atoms with Gasteiger partial charge in [0.2, 0.25) is 11.8 Å². The molecule has 0 spiro atoms. The molecule has 1 fully saturated rings. The van der Waals surface area contributed by atoms with Gasteiger partial charge in [0.15, 0.2) is 23.9 Å². The number of nitrogen functional groups attached to an aromatic ring is 1. The van der Waals surface area contributed by atoms with Crippen molar-refractivity contribution >= 4 is 23.6 Å². The zero-order chi connectivity index (χ0) is 22.7. The van der Waals surface area contributed by atoms with Crippen molar-refractivity contribution in [1.29, 1.82) is 0 Å². The number of ether oxygens (including phenoxy) is 3. The Balaban J connectivity index is 0.00000363. The van der Waals surface area contributed by atoms with Crippen LogP contribution in [0.3, 0.4) is 0 Å². The van der Waals surface area contributed by atoms with Crippen LogP contribution in [0.25, 0.3) is 11.2 Å². The van der Waals surface area contributed by atoms with Crippen molar-refractivity contribution < 1.29 is 65.4 Å². The Morgan fingerprint density at radius 3 is 2.66 bits per heavy atom. The number of nitrogens with zero attached hydrogens (tertiary/aromatic N) is 4. The number of aromatic nitrogens is 4. The van der Waals surface area contributed by atoms with Crippen LogP contribution in [0.15, 0.2) is 23.2 Å². The summed E-state index contributed by atoms with van der Waals surface area (Å²) < 4.78 is 17.9. The molecule has 0 aliphatic carbocycles. The first-order valence-electron chi connectivity index (χ1n) is 9.09. The molecule has 1 aliphatic rings. The van der Waals surface area contributed by atoms with Crippen molar-refractivity contribution in [2.75, 3.05) is 18.9 Å². The first kappa shape index (κ1) is 26.0. The second-order valence-electron chi connectivity index (χ2n) is 6.49. The van der Waals surface area contributed by atoms with E-state index in [2.05, 4.69) is 27.4 Å². The predicted octanol–water partition coefficient (Wildman–Crippen LogP) is -1.86. The zero-order valence-corrected chi connectivity index (χ0v) is 21.1. The summed E-state index contributed by atoms with van der Waals surface area (Å²) in [7, 11) is 0. The largest absolute Gasteiger partial charge is 2.00 e. The van der Waals surface area contributed by atoms with Gasteiger partial charge in [-0.25, -0.2) is 22.0 Å². The molecule has 170 valence electrons. The van der Waals surface area contributed by atoms with Gasteiger partial charge in [0.25, 0.3) is 0 Å². The number of carbonyl (C=O) groups excluding carboxylic acids is 1. The Labute approximate surface area is 205 Å². The predicted molar refractivity (Wildman–Crippen MR) is 104 cm³/mol. The van der Waals surface area contributed by atoms with E-state index in [1.807, 2.05) is 0 Å². The van der Waals surface area contributed by atoms with E-state index in [0.717, 1.165) is 4.57 Å². The molecule has 1 saturated heterocycles. The van der Waals surface area contributed by atoms with Crippen LogP contribution < -0.4 is 16.2 Å². The molecule has 0 amide bonds. The number of aliphatic hydroxyl groups is 3. The Bertz CT molecular complexity index is 1070. The molecule has 0 radical (unpaired) electrons. The van der Waals surface area contributed by atoms with Gasteiger partial charge in [-0.1, -0.05) is 6.08 Å². The Morgan fingerprint density at radius 2 is 2.09 bits per heavy atom. The van der Waals surface area contributed by atoms with Gasteiger partial charge in [-0.2, -0.15) is 9.97 Å². The second kappa shape index (κ2) is 11.1. The molecule has 3 rings (SSSR count). The van der Waals surface area contributed by atoms with Crippen molar-refractivity contribution in [3.63, 3.8) is 0 Å². The molecule has 13 nitrogen and oxygen atoms in total. The van der Waals surface area contributed by atoms with Gasteiger partial charge >= 0.3 is 36.8 Å². The van der Waals surface area contributed by atoms with Crippen LogP contribution >= 0.6 is 0 Å². The Hall–Kier alpha value is -2.21. The monoisotopic (exact) mass is 673 g/mol. The maximum atomic E-state index is 13.2. The van der Waals surface area contributed by atoms with Crippen LogP contribution in [0.4, 0.5) is 5.95 Å². The normalized spacial score (nSPS) is 23.1. The van der Waals surface area contributed by atoms with Crippen LogP contribution in [0, 0.1) is 37.2 Å². The maximum Gasteiger partial charge on any atom is 2.00 e. The van der Waals surface area contributed by atoms with Gasteiger partial charge in [-0.3, -0.25) is 4.57 Å². The third-order valence-electron chi connectivity index (χ3n) is 4.65. The Kier molecular flexibility index (Phi) is 9.02. The van der Waals surface area contributed by atoms with Crippen molar-refractivity contribution in [3.05, 3.63) is 35.0 Å². The number of aliphatic hydroxyl groups excluding tert-OH is 3. The van der Waals surface area contributed by atoms with E-state index in [9.17, 15) is 24.9 Å². The van der Waals surface area contributed by atoms with E-state index in [4.69, 9.17) is 15.2 Å². The summed E-state index contributed by atoms with van der Waals surface area (Å²) in [6, 6.07) is 0. The van der Waals surface area contributed by atoms with Crippen LogP contribution in [-0.4, -0.2) is 72.4 Å². The van der Waals surface area contributed by atoms with Crippen LogP contribution in [0.5, 0.6) is 5.88 Å². The van der Waals surface area contributed by atoms with E-state index >= 15 is 0 Å². The molecular weight excluding hydrogens is 652 g/mol. The molecule has 3 heterocycles. The van der Waals surface area contributed by atoms with Gasteiger partial charge in [-0.05, 0) is 0 Å². The van der Waals surface area contributed by atoms with Crippen LogP contribution in [-0.2, 0) is 20.8 Å². The molecule has 2 aromatic heterocycles. The third-order valence-corrected chi connectivity index (χ3v) is 4.65. The summed E-state index contributed by atoms with van der Waals surface area (Å²) in [5, 5.41) is 29.8. The van der Waals surface area contributed by atoms with Crippen molar-refractivity contribution in [2.45, 2.75) is 38.0 Å². The molecule has 32 heavy (non-hydrogen) atoms. The molecule has 2 aromatic rings. The topological polar surface area (TPSA) is 184 Å². The first-order chi connectivity index (χ1) is 14.9. The van der Waals surface area contributed by atoms with E-state index in [1.54, 1.807) is 0 Å². The number of anilines is 1. The maximum absolute atomic E-state index is 13.2. The summed E-state index contributed by atoms with van der Waals surface area (Å²) in [4.78, 5) is 31.7. The van der Waals surface area contributed by atoms with E-state index in [1.165, 1.54) is 24.0 Å². The smallest absolute Gasteiger partial charge is 0.645 e. The molecule has 4 atom stereocenters. The van der Waals surface area contributed by atoms with Gasteiger partial charge < -0.3 is 46.1 Å². The average Bonchev–Trinajstić information content (AvgIpc) is 3.18. The van der Waals surface area contributed by atoms with Crippen LogP contribution in [0.2, 0.25) is 0 Å². The molecule has 0 unspecified atom stereocenters. The number of fused-ring (bicyclic) bond motifs is 1. The van der Waals surface area contributed by atoms with Crippen molar-refractivity contribution in [1.82, 2.24) is 19.1 Å². The fraction of sp³-hybridized carbons (Fsp3) is 0.444. The number of hydrogen-bond acceptors (Lipinski definition) is 11. The minimum absolute atomic E-state index is 0. The van der Waals surface area contributed by atoms with E-state index in [-0.39, 0.29) is 73.0 Å². The minimum Gasteiger partial charge on any atom is -0.645 e.